The third kappa shape index (κ3) is 4.06. The van der Waals surface area contributed by atoms with Gasteiger partial charge in [-0.15, -0.1) is 0 Å². The molecule has 2 aliphatic heterocycles. The summed E-state index contributed by atoms with van der Waals surface area (Å²) < 4.78 is 5.71. The Morgan fingerprint density at radius 1 is 0.703 bits per heavy atom. The fourth-order valence-electron chi connectivity index (χ4n) is 4.91. The number of carbonyl (C=O) groups is 4. The van der Waals surface area contributed by atoms with Crippen molar-refractivity contribution in [3.8, 4) is 0 Å². The first-order chi connectivity index (χ1) is 18.0. The molecule has 6 rings (SSSR count). The van der Waals surface area contributed by atoms with Gasteiger partial charge in [0.15, 0.2) is 5.76 Å². The minimum Gasteiger partial charge on any atom is -0.451 e. The molecular formula is C29H23N3O5. The molecular weight excluding hydrogens is 470 g/mol. The summed E-state index contributed by atoms with van der Waals surface area (Å²) in [5.41, 5.74) is 2.63. The van der Waals surface area contributed by atoms with Gasteiger partial charge in [0.2, 0.25) is 0 Å². The number of hydrogen-bond donors (Lipinski definition) is 0. The lowest BCUT2D eigenvalue weighted by Crippen LogP contribution is -2.50. The van der Waals surface area contributed by atoms with E-state index in [1.54, 1.807) is 64.4 Å². The summed E-state index contributed by atoms with van der Waals surface area (Å²) in [7, 11) is 0. The first-order valence-electron chi connectivity index (χ1n) is 12.1. The van der Waals surface area contributed by atoms with Crippen molar-refractivity contribution >= 4 is 34.6 Å². The van der Waals surface area contributed by atoms with Gasteiger partial charge in [-0.3, -0.25) is 24.1 Å². The maximum atomic E-state index is 13.2. The average molecular weight is 494 g/mol. The Kier molecular flexibility index (Phi) is 5.56. The molecule has 184 valence electrons. The number of fused-ring (bicyclic) bond motifs is 2. The number of amides is 4. The molecule has 0 unspecified atom stereocenters. The fourth-order valence-corrected chi connectivity index (χ4v) is 4.91. The second-order valence-corrected chi connectivity index (χ2v) is 9.18. The van der Waals surface area contributed by atoms with Gasteiger partial charge in [-0.25, -0.2) is 0 Å². The molecule has 0 spiro atoms. The Labute approximate surface area is 212 Å². The largest absolute Gasteiger partial charge is 0.451 e. The third-order valence-corrected chi connectivity index (χ3v) is 6.88. The van der Waals surface area contributed by atoms with Crippen LogP contribution in [0.4, 0.5) is 0 Å². The summed E-state index contributed by atoms with van der Waals surface area (Å²) in [6.07, 6.45) is 0. The molecule has 8 heteroatoms. The normalized spacial score (nSPS) is 15.4. The van der Waals surface area contributed by atoms with E-state index in [9.17, 15) is 19.2 Å². The minimum atomic E-state index is -0.331. The molecule has 0 N–H and O–H groups in total. The standard InChI is InChI=1S/C29H23N3O5/c33-26(30-12-14-31(15-13-30)29(36)25-17-20-7-1-4-11-24(20)37-25)21-8-5-6-19(16-21)18-32-27(34)22-9-2-3-10-23(22)28(32)35/h1-11,16-17H,12-15,18H2. The number of benzene rings is 3. The van der Waals surface area contributed by atoms with E-state index in [2.05, 4.69) is 0 Å². The molecule has 0 aliphatic carbocycles. The molecule has 2 aliphatic rings. The van der Waals surface area contributed by atoms with Crippen molar-refractivity contribution in [1.82, 2.24) is 14.7 Å². The summed E-state index contributed by atoms with van der Waals surface area (Å²) in [5, 5.41) is 0.876. The highest BCUT2D eigenvalue weighted by atomic mass is 16.3. The van der Waals surface area contributed by atoms with E-state index in [0.29, 0.717) is 59.8 Å². The lowest BCUT2D eigenvalue weighted by atomic mass is 10.1. The molecule has 1 fully saturated rings. The first-order valence-corrected chi connectivity index (χ1v) is 12.1. The van der Waals surface area contributed by atoms with Crippen LogP contribution in [-0.2, 0) is 6.54 Å². The van der Waals surface area contributed by atoms with E-state index in [1.807, 2.05) is 24.3 Å². The molecule has 1 saturated heterocycles. The molecule has 37 heavy (non-hydrogen) atoms. The van der Waals surface area contributed by atoms with Crippen molar-refractivity contribution < 1.29 is 23.6 Å². The number of hydrogen-bond acceptors (Lipinski definition) is 5. The highest BCUT2D eigenvalue weighted by Gasteiger charge is 2.35. The molecule has 4 amide bonds. The maximum Gasteiger partial charge on any atom is 0.289 e. The van der Waals surface area contributed by atoms with Gasteiger partial charge in [0, 0.05) is 37.1 Å². The Hall–Kier alpha value is -4.72. The zero-order chi connectivity index (χ0) is 25.5. The van der Waals surface area contributed by atoms with E-state index in [-0.39, 0.29) is 30.2 Å². The quantitative estimate of drug-likeness (QED) is 0.403. The predicted molar refractivity (Wildman–Crippen MR) is 135 cm³/mol. The number of imide groups is 1. The Balaban J connectivity index is 1.10. The van der Waals surface area contributed by atoms with Crippen LogP contribution >= 0.6 is 0 Å². The van der Waals surface area contributed by atoms with Crippen LogP contribution < -0.4 is 0 Å². The van der Waals surface area contributed by atoms with Crippen LogP contribution in [0.25, 0.3) is 11.0 Å². The van der Waals surface area contributed by atoms with Crippen LogP contribution in [0.1, 0.15) is 47.2 Å². The summed E-state index contributed by atoms with van der Waals surface area (Å²) in [4.78, 5) is 56.2. The van der Waals surface area contributed by atoms with Crippen LogP contribution in [-0.4, -0.2) is 64.5 Å². The Bertz CT molecular complexity index is 1500. The summed E-state index contributed by atoms with van der Waals surface area (Å²) >= 11 is 0. The minimum absolute atomic E-state index is 0.0905. The van der Waals surface area contributed by atoms with E-state index in [0.717, 1.165) is 5.39 Å². The van der Waals surface area contributed by atoms with Crippen molar-refractivity contribution in [2.24, 2.45) is 0 Å². The van der Waals surface area contributed by atoms with Crippen molar-refractivity contribution in [2.45, 2.75) is 6.54 Å². The predicted octanol–water partition coefficient (Wildman–Crippen LogP) is 3.83. The zero-order valence-electron chi connectivity index (χ0n) is 19.9. The maximum absolute atomic E-state index is 13.2. The topological polar surface area (TPSA) is 91.1 Å². The van der Waals surface area contributed by atoms with Crippen molar-refractivity contribution in [3.63, 3.8) is 0 Å². The number of carbonyl (C=O) groups excluding carboxylic acids is 4. The molecule has 0 saturated carbocycles. The van der Waals surface area contributed by atoms with Crippen molar-refractivity contribution in [3.05, 3.63) is 107 Å². The monoisotopic (exact) mass is 493 g/mol. The number of furan rings is 1. The molecule has 3 heterocycles. The molecule has 1 aromatic heterocycles. The van der Waals surface area contributed by atoms with Gasteiger partial charge in [0.05, 0.1) is 17.7 Å². The molecule has 0 bridgehead atoms. The van der Waals surface area contributed by atoms with E-state index < -0.39 is 0 Å². The highest BCUT2D eigenvalue weighted by molar-refractivity contribution is 6.21. The average Bonchev–Trinajstić information content (AvgIpc) is 3.48. The van der Waals surface area contributed by atoms with E-state index in [4.69, 9.17) is 4.42 Å². The lowest BCUT2D eigenvalue weighted by molar-refractivity contribution is 0.0519. The third-order valence-electron chi connectivity index (χ3n) is 6.88. The van der Waals surface area contributed by atoms with Crippen LogP contribution in [0.15, 0.2) is 83.3 Å². The van der Waals surface area contributed by atoms with Gasteiger partial charge < -0.3 is 14.2 Å². The van der Waals surface area contributed by atoms with Gasteiger partial charge >= 0.3 is 0 Å². The molecule has 8 nitrogen and oxygen atoms in total. The molecule has 4 aromatic rings. The lowest BCUT2D eigenvalue weighted by Gasteiger charge is -2.34. The fraction of sp³-hybridized carbons (Fsp3) is 0.172. The smallest absolute Gasteiger partial charge is 0.289 e. The van der Waals surface area contributed by atoms with Crippen molar-refractivity contribution in [1.29, 1.82) is 0 Å². The summed E-state index contributed by atoms with van der Waals surface area (Å²) in [6, 6.07) is 23.0. The number of piperazine rings is 1. The Morgan fingerprint density at radius 2 is 1.32 bits per heavy atom. The summed E-state index contributed by atoms with van der Waals surface area (Å²) in [6.45, 7) is 1.68. The van der Waals surface area contributed by atoms with Crippen LogP contribution in [0.3, 0.4) is 0 Å². The van der Waals surface area contributed by atoms with E-state index >= 15 is 0 Å². The van der Waals surface area contributed by atoms with Gasteiger partial charge in [-0.1, -0.05) is 42.5 Å². The zero-order valence-corrected chi connectivity index (χ0v) is 19.9. The second kappa shape index (κ2) is 9.05. The molecule has 3 aromatic carbocycles. The molecule has 0 radical (unpaired) electrons. The number of para-hydroxylation sites is 1. The van der Waals surface area contributed by atoms with Crippen LogP contribution in [0.5, 0.6) is 0 Å². The van der Waals surface area contributed by atoms with Gasteiger partial charge in [-0.05, 0) is 42.0 Å². The summed E-state index contributed by atoms with van der Waals surface area (Å²) in [5.74, 6) is -0.710. The van der Waals surface area contributed by atoms with E-state index in [1.165, 1.54) is 4.90 Å². The first kappa shape index (κ1) is 22.7. The second-order valence-electron chi connectivity index (χ2n) is 9.18. The van der Waals surface area contributed by atoms with Gasteiger partial charge in [0.25, 0.3) is 23.6 Å². The van der Waals surface area contributed by atoms with Crippen LogP contribution in [0.2, 0.25) is 0 Å². The number of rotatable bonds is 4. The van der Waals surface area contributed by atoms with Gasteiger partial charge in [0.1, 0.15) is 5.58 Å². The SMILES string of the molecule is O=C(c1cccc(CN2C(=O)c3ccccc3C2=O)c1)N1CCN(C(=O)c2cc3ccccc3o2)CC1. The van der Waals surface area contributed by atoms with Crippen molar-refractivity contribution in [2.75, 3.05) is 26.2 Å². The van der Waals surface area contributed by atoms with Crippen LogP contribution in [0, 0.1) is 0 Å². The highest BCUT2D eigenvalue weighted by Crippen LogP contribution is 2.25. The number of nitrogens with zero attached hydrogens (tertiary/aromatic N) is 3. The Morgan fingerprint density at radius 3 is 2.00 bits per heavy atom. The van der Waals surface area contributed by atoms with Gasteiger partial charge in [-0.2, -0.15) is 0 Å². The molecule has 0 atom stereocenters.